The molecule has 1 aromatic carbocycles. The van der Waals surface area contributed by atoms with Crippen LogP contribution in [0, 0.1) is 6.92 Å². The highest BCUT2D eigenvalue weighted by molar-refractivity contribution is 5.86. The Morgan fingerprint density at radius 3 is 2.60 bits per heavy atom. The molecule has 3 rings (SSSR count). The average molecular weight is 364 g/mol. The van der Waals surface area contributed by atoms with Gasteiger partial charge < -0.3 is 15.5 Å². The molecule has 0 spiro atoms. The lowest BCUT2D eigenvalue weighted by molar-refractivity contribution is -0.127. The number of nitrogens with zero attached hydrogens (tertiary/aromatic N) is 1. The molecule has 0 bridgehead atoms. The molecule has 1 saturated carbocycles. The fourth-order valence-corrected chi connectivity index (χ4v) is 3.14. The summed E-state index contributed by atoms with van der Waals surface area (Å²) >= 11 is 0. The number of rotatable bonds is 5. The van der Waals surface area contributed by atoms with E-state index in [1.807, 2.05) is 31.2 Å². The van der Waals surface area contributed by atoms with Gasteiger partial charge in [-0.2, -0.15) is 0 Å². The van der Waals surface area contributed by atoms with Crippen LogP contribution < -0.4 is 11.1 Å². The second-order valence-electron chi connectivity index (χ2n) is 6.73. The molecule has 3 N–H and O–H groups in total. The van der Waals surface area contributed by atoms with E-state index in [2.05, 4.69) is 10.3 Å². The predicted octanol–water partition coefficient (Wildman–Crippen LogP) is 3.39. The van der Waals surface area contributed by atoms with Gasteiger partial charge in [-0.25, -0.2) is 4.98 Å². The van der Waals surface area contributed by atoms with Crippen molar-refractivity contribution in [2.45, 2.75) is 51.0 Å². The highest BCUT2D eigenvalue weighted by Gasteiger charge is 2.34. The topological polar surface area (TPSA) is 81.2 Å². The van der Waals surface area contributed by atoms with Crippen LogP contribution in [-0.2, 0) is 11.2 Å². The smallest absolute Gasteiger partial charge is 0.240 e. The van der Waals surface area contributed by atoms with Crippen LogP contribution in [0.1, 0.15) is 43.4 Å². The summed E-state index contributed by atoms with van der Waals surface area (Å²) in [5.74, 6) is 0.573. The predicted molar refractivity (Wildman–Crippen MR) is 101 cm³/mol. The Morgan fingerprint density at radius 2 is 1.92 bits per heavy atom. The maximum atomic E-state index is 12.3. The molecular weight excluding hydrogens is 338 g/mol. The summed E-state index contributed by atoms with van der Waals surface area (Å²) in [6.45, 7) is 2.57. The molecular formula is C19H26ClN3O2. The molecule has 1 amide bonds. The van der Waals surface area contributed by atoms with Crippen LogP contribution in [-0.4, -0.2) is 23.0 Å². The number of nitrogens with two attached hydrogens (primary N) is 1. The molecule has 25 heavy (non-hydrogen) atoms. The molecule has 1 aliphatic rings. The highest BCUT2D eigenvalue weighted by Crippen LogP contribution is 2.26. The van der Waals surface area contributed by atoms with E-state index in [1.54, 1.807) is 6.26 Å². The van der Waals surface area contributed by atoms with Gasteiger partial charge in [-0.05, 0) is 31.9 Å². The number of benzene rings is 1. The molecule has 136 valence electrons. The standard InChI is InChI=1S/C19H25N3O2.ClH/c1-14-5-7-15(8-6-14)17-22-16(13-24-17)9-12-21-18(23)19(20)10-3-2-4-11-19;/h5-8,13H,2-4,9-12,20H2,1H3,(H,21,23);1H. The average Bonchev–Trinajstić information content (AvgIpc) is 3.05. The van der Waals surface area contributed by atoms with E-state index < -0.39 is 5.54 Å². The van der Waals surface area contributed by atoms with E-state index in [0.29, 0.717) is 18.9 Å². The van der Waals surface area contributed by atoms with Crippen molar-refractivity contribution in [1.29, 1.82) is 0 Å². The summed E-state index contributed by atoms with van der Waals surface area (Å²) in [4.78, 5) is 16.8. The zero-order chi connectivity index (χ0) is 17.0. The first-order valence-corrected chi connectivity index (χ1v) is 8.65. The number of halogens is 1. The first-order valence-electron chi connectivity index (χ1n) is 8.65. The molecule has 1 fully saturated rings. The van der Waals surface area contributed by atoms with Crippen LogP contribution in [0.4, 0.5) is 0 Å². The number of nitrogens with one attached hydrogen (secondary N) is 1. The molecule has 5 nitrogen and oxygen atoms in total. The first kappa shape index (κ1) is 19.5. The van der Waals surface area contributed by atoms with E-state index >= 15 is 0 Å². The third-order valence-electron chi connectivity index (χ3n) is 4.71. The van der Waals surface area contributed by atoms with Gasteiger partial charge in [0.1, 0.15) is 6.26 Å². The third kappa shape index (κ3) is 4.83. The van der Waals surface area contributed by atoms with Crippen LogP contribution in [0.25, 0.3) is 11.5 Å². The van der Waals surface area contributed by atoms with Crippen LogP contribution >= 0.6 is 12.4 Å². The Labute approximate surface area is 154 Å². The second kappa shape index (κ2) is 8.50. The van der Waals surface area contributed by atoms with Crippen molar-refractivity contribution in [1.82, 2.24) is 10.3 Å². The Hall–Kier alpha value is -1.85. The van der Waals surface area contributed by atoms with E-state index in [0.717, 1.165) is 36.9 Å². The quantitative estimate of drug-likeness (QED) is 0.853. The normalized spacial score (nSPS) is 16.1. The maximum Gasteiger partial charge on any atom is 0.240 e. The molecule has 2 aromatic rings. The minimum Gasteiger partial charge on any atom is -0.444 e. The summed E-state index contributed by atoms with van der Waals surface area (Å²) in [6, 6.07) is 8.05. The number of hydrogen-bond acceptors (Lipinski definition) is 4. The van der Waals surface area contributed by atoms with Gasteiger partial charge in [-0.1, -0.05) is 37.0 Å². The lowest BCUT2D eigenvalue weighted by Crippen LogP contribution is -2.55. The van der Waals surface area contributed by atoms with Gasteiger partial charge in [-0.3, -0.25) is 4.79 Å². The zero-order valence-corrected chi connectivity index (χ0v) is 15.4. The summed E-state index contributed by atoms with van der Waals surface area (Å²) in [7, 11) is 0. The van der Waals surface area contributed by atoms with Crippen LogP contribution in [0.2, 0.25) is 0 Å². The van der Waals surface area contributed by atoms with Gasteiger partial charge in [0.15, 0.2) is 0 Å². The third-order valence-corrected chi connectivity index (χ3v) is 4.71. The summed E-state index contributed by atoms with van der Waals surface area (Å²) in [6.07, 6.45) is 7.09. The number of amides is 1. The lowest BCUT2D eigenvalue weighted by Gasteiger charge is -2.31. The molecule has 0 aliphatic heterocycles. The minimum absolute atomic E-state index is 0. The maximum absolute atomic E-state index is 12.3. The van der Waals surface area contributed by atoms with Crippen molar-refractivity contribution in [2.75, 3.05) is 6.54 Å². The number of aryl methyl sites for hydroxylation is 1. The highest BCUT2D eigenvalue weighted by atomic mass is 35.5. The van der Waals surface area contributed by atoms with E-state index in [9.17, 15) is 4.79 Å². The Morgan fingerprint density at radius 1 is 1.24 bits per heavy atom. The van der Waals surface area contributed by atoms with Crippen molar-refractivity contribution >= 4 is 18.3 Å². The second-order valence-corrected chi connectivity index (χ2v) is 6.73. The van der Waals surface area contributed by atoms with E-state index in [1.165, 1.54) is 12.0 Å². The molecule has 0 unspecified atom stereocenters. The molecule has 6 heteroatoms. The van der Waals surface area contributed by atoms with Crippen LogP contribution in [0.5, 0.6) is 0 Å². The largest absolute Gasteiger partial charge is 0.444 e. The fourth-order valence-electron chi connectivity index (χ4n) is 3.14. The molecule has 1 aliphatic carbocycles. The first-order chi connectivity index (χ1) is 11.6. The lowest BCUT2D eigenvalue weighted by atomic mass is 9.82. The van der Waals surface area contributed by atoms with E-state index in [4.69, 9.17) is 10.2 Å². The van der Waals surface area contributed by atoms with Crippen molar-refractivity contribution < 1.29 is 9.21 Å². The molecule has 0 saturated heterocycles. The number of aromatic nitrogens is 1. The van der Waals surface area contributed by atoms with Crippen molar-refractivity contribution in [3.63, 3.8) is 0 Å². The van der Waals surface area contributed by atoms with Crippen molar-refractivity contribution in [2.24, 2.45) is 5.73 Å². The van der Waals surface area contributed by atoms with Gasteiger partial charge in [0.05, 0.1) is 11.2 Å². The SMILES string of the molecule is Cc1ccc(-c2nc(CCNC(=O)C3(N)CCCCC3)co2)cc1.Cl. The number of carbonyl (C=O) groups is 1. The molecule has 0 radical (unpaired) electrons. The van der Waals surface area contributed by atoms with Crippen molar-refractivity contribution in [3.05, 3.63) is 41.8 Å². The van der Waals surface area contributed by atoms with Gasteiger partial charge in [-0.15, -0.1) is 12.4 Å². The number of hydrogen-bond donors (Lipinski definition) is 2. The molecule has 1 aromatic heterocycles. The van der Waals surface area contributed by atoms with Gasteiger partial charge in [0.2, 0.25) is 11.8 Å². The van der Waals surface area contributed by atoms with Crippen LogP contribution in [0.15, 0.2) is 34.9 Å². The number of carbonyl (C=O) groups excluding carboxylic acids is 1. The van der Waals surface area contributed by atoms with Crippen LogP contribution in [0.3, 0.4) is 0 Å². The Kier molecular flexibility index (Phi) is 6.62. The summed E-state index contributed by atoms with van der Waals surface area (Å²) in [5.41, 5.74) is 8.53. The minimum atomic E-state index is -0.685. The molecule has 1 heterocycles. The van der Waals surface area contributed by atoms with Gasteiger partial charge in [0.25, 0.3) is 0 Å². The van der Waals surface area contributed by atoms with E-state index in [-0.39, 0.29) is 18.3 Å². The fraction of sp³-hybridized carbons (Fsp3) is 0.474. The zero-order valence-electron chi connectivity index (χ0n) is 14.6. The Balaban J connectivity index is 0.00000225. The summed E-state index contributed by atoms with van der Waals surface area (Å²) < 4.78 is 5.54. The van der Waals surface area contributed by atoms with Gasteiger partial charge in [0, 0.05) is 18.5 Å². The monoisotopic (exact) mass is 363 g/mol. The Bertz CT molecular complexity index is 691. The summed E-state index contributed by atoms with van der Waals surface area (Å²) in [5, 5.41) is 2.95. The van der Waals surface area contributed by atoms with Gasteiger partial charge >= 0.3 is 0 Å². The number of oxazole rings is 1. The molecule has 0 atom stereocenters. The van der Waals surface area contributed by atoms with Crippen molar-refractivity contribution in [3.8, 4) is 11.5 Å².